The number of imide groups is 1. The lowest BCUT2D eigenvalue weighted by atomic mass is 10.0. The number of ether oxygens (including phenoxy) is 3. The molecule has 0 bridgehead atoms. The van der Waals surface area contributed by atoms with Crippen LogP contribution in [0.4, 0.5) is 4.79 Å². The summed E-state index contributed by atoms with van der Waals surface area (Å²) in [6.07, 6.45) is -1.56. The number of carbonyl (C=O) groups excluding carboxylic acids is 3. The van der Waals surface area contributed by atoms with Gasteiger partial charge < -0.3 is 23.7 Å². The molecule has 2 aromatic rings. The first-order valence-corrected chi connectivity index (χ1v) is 11.3. The molecule has 0 radical (unpaired) electrons. The van der Waals surface area contributed by atoms with Gasteiger partial charge in [0.1, 0.15) is 24.2 Å². The summed E-state index contributed by atoms with van der Waals surface area (Å²) in [5.74, 6) is -0.581. The van der Waals surface area contributed by atoms with Crippen molar-refractivity contribution in [2.75, 3.05) is 20.3 Å². The van der Waals surface area contributed by atoms with Gasteiger partial charge in [-0.25, -0.2) is 9.69 Å². The monoisotopic (exact) mass is 523 g/mol. The van der Waals surface area contributed by atoms with Crippen LogP contribution in [0, 0.1) is 0 Å². The highest BCUT2D eigenvalue weighted by molar-refractivity contribution is 9.10. The molecule has 2 heterocycles. The summed E-state index contributed by atoms with van der Waals surface area (Å²) in [5, 5.41) is 9.00. The molecule has 0 aliphatic carbocycles. The molecular formula is C23H26BrNO8. The molecule has 9 nitrogen and oxygen atoms in total. The van der Waals surface area contributed by atoms with Crippen LogP contribution >= 0.6 is 15.9 Å². The fourth-order valence-corrected chi connectivity index (χ4v) is 4.16. The SMILES string of the molecule is CO[C@@H](C(=O)N1C(=O)OC[C@H]1c1ccccc1)[C@@H](OC(C)=O)c1cc(Br)c(CCCCO)o1. The van der Waals surface area contributed by atoms with Gasteiger partial charge in [-0.15, -0.1) is 0 Å². The highest BCUT2D eigenvalue weighted by atomic mass is 79.9. The molecule has 1 N–H and O–H groups in total. The van der Waals surface area contributed by atoms with Gasteiger partial charge in [0.15, 0.2) is 12.2 Å². The van der Waals surface area contributed by atoms with Gasteiger partial charge >= 0.3 is 12.1 Å². The number of rotatable bonds is 10. The summed E-state index contributed by atoms with van der Waals surface area (Å²) in [6.45, 7) is 1.28. The number of halogens is 1. The number of unbranched alkanes of at least 4 members (excludes halogenated alkanes) is 1. The molecule has 10 heteroatoms. The molecule has 33 heavy (non-hydrogen) atoms. The fourth-order valence-electron chi connectivity index (χ4n) is 3.66. The number of methoxy groups -OCH3 is 1. The van der Waals surface area contributed by atoms with Gasteiger partial charge in [-0.2, -0.15) is 0 Å². The van der Waals surface area contributed by atoms with Crippen molar-refractivity contribution < 1.29 is 38.1 Å². The van der Waals surface area contributed by atoms with Crippen molar-refractivity contribution in [1.82, 2.24) is 4.90 Å². The van der Waals surface area contributed by atoms with Crippen LogP contribution < -0.4 is 0 Å². The molecule has 3 rings (SSSR count). The van der Waals surface area contributed by atoms with E-state index in [0.717, 1.165) is 10.5 Å². The maximum Gasteiger partial charge on any atom is 0.417 e. The fraction of sp³-hybridized carbons (Fsp3) is 0.435. The lowest BCUT2D eigenvalue weighted by molar-refractivity contribution is -0.164. The Labute approximate surface area is 199 Å². The van der Waals surface area contributed by atoms with E-state index in [1.54, 1.807) is 30.3 Å². The number of nitrogens with zero attached hydrogens (tertiary/aromatic N) is 1. The van der Waals surface area contributed by atoms with Gasteiger partial charge in [0.25, 0.3) is 5.91 Å². The van der Waals surface area contributed by atoms with Crippen LogP contribution in [0.1, 0.15) is 49.0 Å². The maximum atomic E-state index is 13.5. The zero-order chi connectivity index (χ0) is 24.0. The van der Waals surface area contributed by atoms with Crippen LogP contribution in [0.5, 0.6) is 0 Å². The van der Waals surface area contributed by atoms with Gasteiger partial charge in [-0.05, 0) is 40.4 Å². The Morgan fingerprint density at radius 3 is 2.64 bits per heavy atom. The van der Waals surface area contributed by atoms with E-state index >= 15 is 0 Å². The smallest absolute Gasteiger partial charge is 0.417 e. The number of furan rings is 1. The number of aliphatic hydroxyl groups excluding tert-OH is 1. The minimum atomic E-state index is -1.35. The zero-order valence-electron chi connectivity index (χ0n) is 18.4. The first-order chi connectivity index (χ1) is 15.9. The Morgan fingerprint density at radius 2 is 2.00 bits per heavy atom. The second-order valence-corrected chi connectivity index (χ2v) is 8.35. The maximum absolute atomic E-state index is 13.5. The molecular weight excluding hydrogens is 498 g/mol. The molecule has 1 aliphatic rings. The van der Waals surface area contributed by atoms with Crippen molar-refractivity contribution in [2.45, 2.75) is 44.4 Å². The number of amides is 2. The molecule has 0 unspecified atom stereocenters. The molecule has 178 valence electrons. The number of cyclic esters (lactones) is 1. The lowest BCUT2D eigenvalue weighted by Crippen LogP contribution is -2.45. The summed E-state index contributed by atoms with van der Waals surface area (Å²) in [5.41, 5.74) is 0.725. The van der Waals surface area contributed by atoms with E-state index in [2.05, 4.69) is 15.9 Å². The predicted molar refractivity (Wildman–Crippen MR) is 119 cm³/mol. The second-order valence-electron chi connectivity index (χ2n) is 7.50. The average Bonchev–Trinajstić information content (AvgIpc) is 3.36. The molecule has 3 atom stereocenters. The lowest BCUT2D eigenvalue weighted by Gasteiger charge is -2.28. The first-order valence-electron chi connectivity index (χ1n) is 10.5. The Balaban J connectivity index is 1.91. The number of benzene rings is 1. The van der Waals surface area contributed by atoms with Crippen LogP contribution in [-0.2, 0) is 30.2 Å². The summed E-state index contributed by atoms with van der Waals surface area (Å²) < 4.78 is 22.5. The highest BCUT2D eigenvalue weighted by Gasteiger charge is 2.46. The largest absolute Gasteiger partial charge is 0.461 e. The highest BCUT2D eigenvalue weighted by Crippen LogP contribution is 2.35. The normalized spacial score (nSPS) is 17.5. The van der Waals surface area contributed by atoms with E-state index in [1.807, 2.05) is 6.07 Å². The van der Waals surface area contributed by atoms with Crippen LogP contribution in [-0.4, -0.2) is 54.4 Å². The van der Waals surface area contributed by atoms with E-state index in [1.165, 1.54) is 14.0 Å². The topological polar surface area (TPSA) is 116 Å². The van der Waals surface area contributed by atoms with Crippen molar-refractivity contribution in [3.8, 4) is 0 Å². The van der Waals surface area contributed by atoms with Gasteiger partial charge in [0, 0.05) is 27.1 Å². The Hall–Kier alpha value is -2.69. The quantitative estimate of drug-likeness (QED) is 0.370. The zero-order valence-corrected chi connectivity index (χ0v) is 19.9. The van der Waals surface area contributed by atoms with Crippen LogP contribution in [0.15, 0.2) is 45.3 Å². The van der Waals surface area contributed by atoms with Crippen LogP contribution in [0.2, 0.25) is 0 Å². The van der Waals surface area contributed by atoms with Gasteiger partial charge in [-0.3, -0.25) is 9.59 Å². The Morgan fingerprint density at radius 1 is 1.27 bits per heavy atom. The number of hydrogen-bond acceptors (Lipinski definition) is 8. The Bertz CT molecular complexity index is 976. The number of esters is 1. The predicted octanol–water partition coefficient (Wildman–Crippen LogP) is 3.70. The van der Waals surface area contributed by atoms with E-state index in [9.17, 15) is 14.4 Å². The summed E-state index contributed by atoms with van der Waals surface area (Å²) in [6, 6.07) is 9.98. The van der Waals surface area contributed by atoms with E-state index in [4.69, 9.17) is 23.7 Å². The molecule has 1 aromatic heterocycles. The number of hydrogen-bond donors (Lipinski definition) is 1. The summed E-state index contributed by atoms with van der Waals surface area (Å²) in [4.78, 5) is 38.8. The minimum absolute atomic E-state index is 0.00452. The molecule has 1 saturated heterocycles. The van der Waals surface area contributed by atoms with Crippen molar-refractivity contribution in [2.24, 2.45) is 0 Å². The Kier molecular flexibility index (Phi) is 8.65. The third-order valence-corrected chi connectivity index (χ3v) is 5.90. The van der Waals surface area contributed by atoms with Crippen LogP contribution in [0.25, 0.3) is 0 Å². The second kappa shape index (κ2) is 11.4. The molecule has 0 spiro atoms. The number of carbonyl (C=O) groups is 3. The minimum Gasteiger partial charge on any atom is -0.461 e. The van der Waals surface area contributed by atoms with Crippen molar-refractivity contribution >= 4 is 33.9 Å². The van der Waals surface area contributed by atoms with Gasteiger partial charge in [-0.1, -0.05) is 30.3 Å². The molecule has 1 aromatic carbocycles. The molecule has 2 amide bonds. The van der Waals surface area contributed by atoms with E-state index < -0.39 is 36.2 Å². The number of aryl methyl sites for hydroxylation is 1. The van der Waals surface area contributed by atoms with Crippen molar-refractivity contribution in [3.63, 3.8) is 0 Å². The number of aliphatic hydroxyl groups is 1. The third-order valence-electron chi connectivity index (χ3n) is 5.23. The van der Waals surface area contributed by atoms with Crippen molar-refractivity contribution in [3.05, 3.63) is 58.0 Å². The van der Waals surface area contributed by atoms with Gasteiger partial charge in [0.05, 0.1) is 4.47 Å². The first kappa shape index (κ1) is 24.9. The van der Waals surface area contributed by atoms with Gasteiger partial charge in [0.2, 0.25) is 0 Å². The molecule has 0 saturated carbocycles. The third kappa shape index (κ3) is 5.82. The van der Waals surface area contributed by atoms with Crippen LogP contribution in [0.3, 0.4) is 0 Å². The van der Waals surface area contributed by atoms with E-state index in [0.29, 0.717) is 29.5 Å². The summed E-state index contributed by atoms with van der Waals surface area (Å²) in [7, 11) is 1.29. The average molecular weight is 524 g/mol. The summed E-state index contributed by atoms with van der Waals surface area (Å²) >= 11 is 3.42. The van der Waals surface area contributed by atoms with Crippen molar-refractivity contribution in [1.29, 1.82) is 0 Å². The molecule has 1 aliphatic heterocycles. The van der Waals surface area contributed by atoms with E-state index in [-0.39, 0.29) is 19.0 Å². The molecule has 1 fully saturated rings. The standard InChI is InChI=1S/C23H26BrNO8/c1-14(27)32-20(19-12-16(24)18(33-19)10-6-7-11-26)21(30-2)22(28)25-17(13-31-23(25)29)15-8-4-3-5-9-15/h3-5,8-9,12,17,20-21,26H,6-7,10-11,13H2,1-2H3/t17-,20-,21+/m0/s1.